The van der Waals surface area contributed by atoms with Gasteiger partial charge < -0.3 is 44.8 Å². The fourth-order valence-corrected chi connectivity index (χ4v) is 5.55. The normalized spacial score (nSPS) is 15.1. The third-order valence-electron chi connectivity index (χ3n) is 9.00. The summed E-state index contributed by atoms with van der Waals surface area (Å²) >= 11 is 0. The molecule has 3 amide bonds. The van der Waals surface area contributed by atoms with Crippen LogP contribution in [0.25, 0.3) is 0 Å². The van der Waals surface area contributed by atoms with Crippen molar-refractivity contribution in [2.24, 2.45) is 34.8 Å². The molecule has 1 aromatic carbocycles. The van der Waals surface area contributed by atoms with Crippen molar-refractivity contribution in [2.75, 3.05) is 34.0 Å². The highest BCUT2D eigenvalue weighted by Crippen LogP contribution is 2.33. The maximum Gasteiger partial charge on any atom is 0.510 e. The quantitative estimate of drug-likeness (QED) is 0.0286. The lowest BCUT2D eigenvalue weighted by molar-refractivity contribution is -0.519. The highest BCUT2D eigenvalue weighted by Gasteiger charge is 2.38. The minimum atomic E-state index is -1.56. The lowest BCUT2D eigenvalue weighted by Crippen LogP contribution is -2.51. The van der Waals surface area contributed by atoms with Gasteiger partial charge in [-0.15, -0.1) is 0 Å². The van der Waals surface area contributed by atoms with Crippen LogP contribution in [0.3, 0.4) is 0 Å². The van der Waals surface area contributed by atoms with Gasteiger partial charge in [0.05, 0.1) is 36.0 Å². The molecule has 6 unspecified atom stereocenters. The highest BCUT2D eigenvalue weighted by molar-refractivity contribution is 5.83. The molecular weight excluding hydrogens is 758 g/mol. The molecule has 0 aliphatic heterocycles. The largest absolute Gasteiger partial charge is 0.510 e. The van der Waals surface area contributed by atoms with Crippen LogP contribution in [0.2, 0.25) is 0 Å². The second kappa shape index (κ2) is 25.3. The van der Waals surface area contributed by atoms with Crippen molar-refractivity contribution in [1.29, 1.82) is 0 Å². The molecular formula is C36H63N5O16. The number of amides is 3. The van der Waals surface area contributed by atoms with Gasteiger partial charge in [0.25, 0.3) is 0 Å². The van der Waals surface area contributed by atoms with Gasteiger partial charge in [-0.3, -0.25) is 30.4 Å². The van der Waals surface area contributed by atoms with E-state index in [4.69, 9.17) is 55.0 Å². The van der Waals surface area contributed by atoms with Crippen molar-refractivity contribution < 1.29 is 78.1 Å². The molecule has 0 heterocycles. The zero-order valence-corrected chi connectivity index (χ0v) is 34.5. The van der Waals surface area contributed by atoms with Crippen molar-refractivity contribution in [3.63, 3.8) is 0 Å². The minimum absolute atomic E-state index is 0.0561. The van der Waals surface area contributed by atoms with Crippen molar-refractivity contribution in [3.05, 3.63) is 23.8 Å². The molecule has 1 rings (SSSR count). The first-order valence-corrected chi connectivity index (χ1v) is 18.5. The summed E-state index contributed by atoms with van der Waals surface area (Å²) in [5, 5.41) is 40.3. The molecule has 0 bridgehead atoms. The molecule has 0 fully saturated rings. The minimum Gasteiger partial charge on any atom is -0.493 e. The Morgan fingerprint density at radius 1 is 0.825 bits per heavy atom. The molecule has 21 nitrogen and oxygen atoms in total. The first-order chi connectivity index (χ1) is 26.6. The zero-order chi connectivity index (χ0) is 43.5. The van der Waals surface area contributed by atoms with Crippen molar-refractivity contribution in [1.82, 2.24) is 21.4 Å². The van der Waals surface area contributed by atoms with E-state index in [9.17, 15) is 19.2 Å². The molecule has 21 heteroatoms. The van der Waals surface area contributed by atoms with Crippen LogP contribution in [-0.4, -0.2) is 114 Å². The van der Waals surface area contributed by atoms with Gasteiger partial charge in [-0.2, -0.15) is 0 Å². The Bertz CT molecular complexity index is 1380. The van der Waals surface area contributed by atoms with E-state index in [2.05, 4.69) is 20.3 Å². The summed E-state index contributed by atoms with van der Waals surface area (Å²) in [4.78, 5) is 61.3. The van der Waals surface area contributed by atoms with Crippen LogP contribution in [0.1, 0.15) is 80.2 Å². The second-order valence-electron chi connectivity index (χ2n) is 14.7. The second-order valence-corrected chi connectivity index (χ2v) is 14.7. The predicted octanol–water partition coefficient (Wildman–Crippen LogP) is 3.94. The molecule has 0 radical (unpaired) electrons. The number of primary amides is 1. The number of hydrogen-bond donors (Lipinski definition) is 7. The molecule has 0 spiro atoms. The summed E-state index contributed by atoms with van der Waals surface area (Å²) in [7, 11) is 3.12. The molecule has 0 saturated carbocycles. The smallest absolute Gasteiger partial charge is 0.493 e. The summed E-state index contributed by atoms with van der Waals surface area (Å²) in [6.45, 7) is 13.7. The van der Waals surface area contributed by atoms with Crippen LogP contribution in [-0.2, 0) is 44.6 Å². The van der Waals surface area contributed by atoms with Gasteiger partial charge in [-0.1, -0.05) is 33.8 Å². The fourth-order valence-electron chi connectivity index (χ4n) is 5.55. The summed E-state index contributed by atoms with van der Waals surface area (Å²) in [5.41, 5.74) is 5.27. The number of alkyl carbamates (subject to hydrolysis) is 1. The number of methoxy groups -OCH3 is 2. The van der Waals surface area contributed by atoms with E-state index in [0.717, 1.165) is 5.56 Å². The number of ether oxygens (including phenoxy) is 6. The Hall–Kier alpha value is -4.06. The molecule has 328 valence electrons. The number of nitrogens with two attached hydrogens (primary N) is 1. The molecule has 0 aliphatic rings. The van der Waals surface area contributed by atoms with E-state index in [1.807, 2.05) is 26.0 Å². The van der Waals surface area contributed by atoms with Crippen LogP contribution in [0.15, 0.2) is 18.2 Å². The molecule has 57 heavy (non-hydrogen) atoms. The van der Waals surface area contributed by atoms with Gasteiger partial charge in [0.15, 0.2) is 11.5 Å². The molecule has 1 aromatic rings. The van der Waals surface area contributed by atoms with E-state index in [0.29, 0.717) is 37.6 Å². The number of nitrogens with one attached hydrogen (secondary N) is 2. The summed E-state index contributed by atoms with van der Waals surface area (Å²) < 4.78 is 32.6. The number of hydrogen-bond acceptors (Lipinski definition) is 18. The zero-order valence-electron chi connectivity index (χ0n) is 34.5. The summed E-state index contributed by atoms with van der Waals surface area (Å²) in [6.07, 6.45) is -5.90. The predicted molar refractivity (Wildman–Crippen MR) is 197 cm³/mol. The maximum atomic E-state index is 13.7. The molecule has 0 saturated heterocycles. The maximum absolute atomic E-state index is 13.7. The Morgan fingerprint density at radius 3 is 1.96 bits per heavy atom. The van der Waals surface area contributed by atoms with E-state index in [1.165, 1.54) is 21.0 Å². The number of carbonyl (C=O) groups is 4. The van der Waals surface area contributed by atoms with E-state index in [-0.39, 0.29) is 37.1 Å². The van der Waals surface area contributed by atoms with Crippen LogP contribution in [0, 0.1) is 29.1 Å². The Kier molecular flexibility index (Phi) is 22.6. The average Bonchev–Trinajstić information content (AvgIpc) is 3.09. The molecule has 8 N–H and O–H groups in total. The third-order valence-corrected chi connectivity index (χ3v) is 9.00. The molecule has 6 atom stereocenters. The van der Waals surface area contributed by atoms with Gasteiger partial charge in [0, 0.05) is 46.4 Å². The monoisotopic (exact) mass is 821 g/mol. The van der Waals surface area contributed by atoms with Gasteiger partial charge >= 0.3 is 12.2 Å². The molecule has 0 aromatic heterocycles. The van der Waals surface area contributed by atoms with E-state index in [1.54, 1.807) is 40.9 Å². The summed E-state index contributed by atoms with van der Waals surface area (Å²) in [5.74, 6) is -1.69. The highest BCUT2D eigenvalue weighted by atomic mass is 17.1. The Labute approximate surface area is 333 Å². The lowest BCUT2D eigenvalue weighted by atomic mass is 9.80. The topological polar surface area (TPSA) is 280 Å². The van der Waals surface area contributed by atoms with E-state index < -0.39 is 70.9 Å². The van der Waals surface area contributed by atoms with Gasteiger partial charge in [-0.05, 0) is 68.6 Å². The van der Waals surface area contributed by atoms with Crippen LogP contribution in [0.4, 0.5) is 9.59 Å². The number of rotatable bonds is 27. The average molecular weight is 822 g/mol. The number of benzene rings is 1. The number of carbonyl (C=O) groups excluding carboxylic acids is 4. The van der Waals surface area contributed by atoms with Gasteiger partial charge in [-0.25, -0.2) is 19.3 Å². The van der Waals surface area contributed by atoms with Gasteiger partial charge in [0.1, 0.15) is 6.10 Å². The van der Waals surface area contributed by atoms with Crippen LogP contribution >= 0.6 is 0 Å². The third kappa shape index (κ3) is 19.8. The Balaban J connectivity index is 3.71. The first-order valence-electron chi connectivity index (χ1n) is 18.5. The van der Waals surface area contributed by atoms with Crippen molar-refractivity contribution in [3.8, 4) is 11.5 Å². The summed E-state index contributed by atoms with van der Waals surface area (Å²) in [6, 6.07) is 4.37. The Morgan fingerprint density at radius 2 is 1.44 bits per heavy atom. The van der Waals surface area contributed by atoms with Gasteiger partial charge in [0.2, 0.25) is 24.4 Å². The SMILES string of the molecule is COCCCOc1cc(CC(CC(NC(=O)OC(C)ON(O)O)C(CC(C(=O)NCC(C)(C)C(N)=O)C(C)C)OC(=O)OC(C)ON(O)O)C(C)C)ccc1OC. The lowest BCUT2D eigenvalue weighted by Gasteiger charge is -2.35. The number of nitrogens with zero attached hydrogens (tertiary/aromatic N) is 2. The van der Waals surface area contributed by atoms with E-state index >= 15 is 0 Å². The standard InChI is InChI=1S/C36H63N5O16/c1-21(2)26(16-25-12-13-29(51-10)31(17-25)52-15-11-14-50-9)18-28(39-34(44)53-23(5)56-40(46)47)30(55-35(45)54-24(6)57-41(48)49)19-27(22(3)4)32(42)38-20-36(7,8)33(37)43/h12-13,17,21-24,26-28,30,46-49H,11,14-16,18-20H2,1-10H3,(H2,37,43)(H,38,42)(H,39,44). The van der Waals surface area contributed by atoms with Crippen molar-refractivity contribution >= 4 is 24.1 Å². The van der Waals surface area contributed by atoms with Crippen molar-refractivity contribution in [2.45, 2.75) is 106 Å². The van der Waals surface area contributed by atoms with Crippen LogP contribution in [0.5, 0.6) is 11.5 Å². The van der Waals surface area contributed by atoms with Crippen LogP contribution < -0.4 is 25.8 Å². The first kappa shape index (κ1) is 51.0. The fraction of sp³-hybridized carbons (Fsp3) is 0.722. The molecule has 0 aliphatic carbocycles.